The fourth-order valence-corrected chi connectivity index (χ4v) is 1.98. The number of halogens is 1. The number of nitrogens with one attached hydrogen (secondary N) is 2. The molecule has 0 spiro atoms. The molecule has 0 aromatic heterocycles. The minimum absolute atomic E-state index is 0. The van der Waals surface area contributed by atoms with E-state index in [1.165, 1.54) is 12.8 Å². The van der Waals surface area contributed by atoms with E-state index in [4.69, 9.17) is 0 Å². The van der Waals surface area contributed by atoms with Crippen LogP contribution in [0, 0.1) is 17.3 Å². The molecule has 1 aliphatic heterocycles. The Morgan fingerprint density at radius 1 is 1.47 bits per heavy atom. The summed E-state index contributed by atoms with van der Waals surface area (Å²) < 4.78 is 0. The predicted octanol–water partition coefficient (Wildman–Crippen LogP) is 1.18. The summed E-state index contributed by atoms with van der Waals surface area (Å²) in [7, 11) is 0. The number of hydrogen-bond acceptors (Lipinski definition) is 2. The first kappa shape index (κ1) is 12.8. The van der Waals surface area contributed by atoms with Crippen molar-refractivity contribution >= 4 is 18.3 Å². The lowest BCUT2D eigenvalue weighted by molar-refractivity contribution is -0.125. The minimum Gasteiger partial charge on any atom is -0.355 e. The van der Waals surface area contributed by atoms with Gasteiger partial charge in [0.1, 0.15) is 0 Å². The van der Waals surface area contributed by atoms with Crippen molar-refractivity contribution in [3.05, 3.63) is 0 Å². The highest BCUT2D eigenvalue weighted by molar-refractivity contribution is 5.85. The molecule has 15 heavy (non-hydrogen) atoms. The molecule has 4 heteroatoms. The van der Waals surface area contributed by atoms with E-state index < -0.39 is 0 Å². The van der Waals surface area contributed by atoms with Gasteiger partial charge in [-0.2, -0.15) is 0 Å². The van der Waals surface area contributed by atoms with E-state index in [-0.39, 0.29) is 24.2 Å². The van der Waals surface area contributed by atoms with Crippen molar-refractivity contribution in [2.45, 2.75) is 26.7 Å². The Morgan fingerprint density at radius 2 is 2.13 bits per heavy atom. The minimum atomic E-state index is 0. The summed E-state index contributed by atoms with van der Waals surface area (Å²) in [6, 6.07) is 0. The molecule has 1 saturated heterocycles. The molecule has 2 N–H and O–H groups in total. The lowest BCUT2D eigenvalue weighted by atomic mass is 9.97. The average Bonchev–Trinajstić information content (AvgIpc) is 2.72. The molecule has 3 nitrogen and oxygen atoms in total. The molecule has 0 aromatic rings. The number of rotatable bonds is 3. The Bertz CT molecular complexity index is 241. The maximum atomic E-state index is 11.8. The third-order valence-corrected chi connectivity index (χ3v) is 3.65. The van der Waals surface area contributed by atoms with Crippen molar-refractivity contribution in [1.82, 2.24) is 10.6 Å². The van der Waals surface area contributed by atoms with Crippen LogP contribution in [0.25, 0.3) is 0 Å². The van der Waals surface area contributed by atoms with Gasteiger partial charge in [0, 0.05) is 13.1 Å². The highest BCUT2D eigenvalue weighted by atomic mass is 35.5. The summed E-state index contributed by atoms with van der Waals surface area (Å²) in [5.41, 5.74) is 0.422. The second-order valence-electron chi connectivity index (χ2n) is 5.27. The smallest absolute Gasteiger partial charge is 0.224 e. The Hall–Kier alpha value is -0.280. The molecule has 1 heterocycles. The summed E-state index contributed by atoms with van der Waals surface area (Å²) in [5, 5.41) is 6.33. The Kier molecular flexibility index (Phi) is 4.01. The zero-order chi connectivity index (χ0) is 10.2. The van der Waals surface area contributed by atoms with Gasteiger partial charge in [-0.3, -0.25) is 4.79 Å². The van der Waals surface area contributed by atoms with Gasteiger partial charge in [0.15, 0.2) is 0 Å². The van der Waals surface area contributed by atoms with E-state index >= 15 is 0 Å². The van der Waals surface area contributed by atoms with E-state index in [0.29, 0.717) is 11.3 Å². The fraction of sp³-hybridized carbons (Fsp3) is 0.909. The van der Waals surface area contributed by atoms with Crippen molar-refractivity contribution in [1.29, 1.82) is 0 Å². The van der Waals surface area contributed by atoms with Crippen LogP contribution in [0.2, 0.25) is 0 Å². The van der Waals surface area contributed by atoms with Gasteiger partial charge in [0.25, 0.3) is 0 Å². The van der Waals surface area contributed by atoms with Gasteiger partial charge in [-0.05, 0) is 30.7 Å². The fourth-order valence-electron chi connectivity index (χ4n) is 1.98. The van der Waals surface area contributed by atoms with Gasteiger partial charge in [-0.15, -0.1) is 12.4 Å². The standard InChI is InChI=1S/C11H20N2O.ClH/c1-8-5-12-6-9(8)10(14)13-7-11(2)3-4-11;/h8-9,12H,3-7H2,1-2H3,(H,13,14);1H/t8-,9-;/m1./s1. The molecule has 0 bridgehead atoms. The van der Waals surface area contributed by atoms with Crippen LogP contribution >= 0.6 is 12.4 Å². The largest absolute Gasteiger partial charge is 0.355 e. The number of carbonyl (C=O) groups is 1. The normalized spacial score (nSPS) is 31.9. The van der Waals surface area contributed by atoms with Crippen molar-refractivity contribution in [2.24, 2.45) is 17.3 Å². The SMILES string of the molecule is C[C@@H]1CNC[C@H]1C(=O)NCC1(C)CC1.Cl. The third-order valence-electron chi connectivity index (χ3n) is 3.65. The van der Waals surface area contributed by atoms with Crippen LogP contribution < -0.4 is 10.6 Å². The van der Waals surface area contributed by atoms with Crippen LogP contribution in [0.1, 0.15) is 26.7 Å². The van der Waals surface area contributed by atoms with Crippen LogP contribution in [0.5, 0.6) is 0 Å². The van der Waals surface area contributed by atoms with Crippen LogP contribution in [0.3, 0.4) is 0 Å². The van der Waals surface area contributed by atoms with Crippen LogP contribution in [0.15, 0.2) is 0 Å². The molecule has 2 aliphatic rings. The van der Waals surface area contributed by atoms with E-state index in [1.807, 2.05) is 0 Å². The summed E-state index contributed by atoms with van der Waals surface area (Å²) in [5.74, 6) is 0.926. The molecule has 1 amide bonds. The maximum Gasteiger partial charge on any atom is 0.224 e. The van der Waals surface area contributed by atoms with Crippen LogP contribution in [0.4, 0.5) is 0 Å². The van der Waals surface area contributed by atoms with E-state index in [1.54, 1.807) is 0 Å². The highest BCUT2D eigenvalue weighted by Gasteiger charge is 2.38. The van der Waals surface area contributed by atoms with Gasteiger partial charge in [0.05, 0.1) is 5.92 Å². The molecule has 2 fully saturated rings. The number of hydrogen-bond donors (Lipinski definition) is 2. The lowest BCUT2D eigenvalue weighted by Crippen LogP contribution is -2.37. The predicted molar refractivity (Wildman–Crippen MR) is 63.1 cm³/mol. The zero-order valence-electron chi connectivity index (χ0n) is 9.51. The molecule has 2 atom stereocenters. The second kappa shape index (κ2) is 4.71. The molecule has 0 unspecified atom stereocenters. The van der Waals surface area contributed by atoms with Gasteiger partial charge in [0.2, 0.25) is 5.91 Å². The molecular weight excluding hydrogens is 212 g/mol. The van der Waals surface area contributed by atoms with Crippen molar-refractivity contribution in [2.75, 3.05) is 19.6 Å². The van der Waals surface area contributed by atoms with E-state index in [9.17, 15) is 4.79 Å². The average molecular weight is 233 g/mol. The summed E-state index contributed by atoms with van der Waals surface area (Å²) in [6.45, 7) is 7.08. The third kappa shape index (κ3) is 3.08. The quantitative estimate of drug-likeness (QED) is 0.768. The molecule has 2 rings (SSSR count). The molecule has 1 aliphatic carbocycles. The van der Waals surface area contributed by atoms with Gasteiger partial charge >= 0.3 is 0 Å². The first-order chi connectivity index (χ1) is 6.61. The summed E-state index contributed by atoms with van der Waals surface area (Å²) in [6.07, 6.45) is 2.54. The van der Waals surface area contributed by atoms with Crippen LogP contribution in [-0.2, 0) is 4.79 Å². The van der Waals surface area contributed by atoms with E-state index in [0.717, 1.165) is 19.6 Å². The maximum absolute atomic E-state index is 11.8. The van der Waals surface area contributed by atoms with Gasteiger partial charge in [-0.1, -0.05) is 13.8 Å². The van der Waals surface area contributed by atoms with Crippen molar-refractivity contribution < 1.29 is 4.79 Å². The molecular formula is C11H21ClN2O. The summed E-state index contributed by atoms with van der Waals surface area (Å²) in [4.78, 5) is 11.8. The molecule has 1 saturated carbocycles. The Morgan fingerprint density at radius 3 is 2.60 bits per heavy atom. The monoisotopic (exact) mass is 232 g/mol. The van der Waals surface area contributed by atoms with E-state index in [2.05, 4.69) is 24.5 Å². The molecule has 0 radical (unpaired) electrons. The second-order valence-corrected chi connectivity index (χ2v) is 5.27. The van der Waals surface area contributed by atoms with Gasteiger partial charge in [-0.25, -0.2) is 0 Å². The zero-order valence-corrected chi connectivity index (χ0v) is 10.3. The first-order valence-corrected chi connectivity index (χ1v) is 5.59. The van der Waals surface area contributed by atoms with Gasteiger partial charge < -0.3 is 10.6 Å². The number of carbonyl (C=O) groups excluding carboxylic acids is 1. The lowest BCUT2D eigenvalue weighted by Gasteiger charge is -2.16. The Labute approximate surface area is 97.8 Å². The van der Waals surface area contributed by atoms with Crippen molar-refractivity contribution in [3.63, 3.8) is 0 Å². The van der Waals surface area contributed by atoms with Crippen LogP contribution in [-0.4, -0.2) is 25.5 Å². The summed E-state index contributed by atoms with van der Waals surface area (Å²) >= 11 is 0. The van der Waals surface area contributed by atoms with Crippen molar-refractivity contribution in [3.8, 4) is 0 Å². The Balaban J connectivity index is 0.00000112. The molecule has 88 valence electrons. The number of amides is 1. The molecule has 0 aromatic carbocycles. The highest BCUT2D eigenvalue weighted by Crippen LogP contribution is 2.44. The topological polar surface area (TPSA) is 41.1 Å². The first-order valence-electron chi connectivity index (χ1n) is 5.59.